The lowest BCUT2D eigenvalue weighted by atomic mass is 10.1. The van der Waals surface area contributed by atoms with E-state index in [9.17, 15) is 9.90 Å². The van der Waals surface area contributed by atoms with Crippen molar-refractivity contribution in [2.24, 2.45) is 0 Å². The quantitative estimate of drug-likeness (QED) is 0.263. The van der Waals surface area contributed by atoms with Crippen molar-refractivity contribution in [3.05, 3.63) is 47.5 Å². The van der Waals surface area contributed by atoms with Crippen molar-refractivity contribution in [3.8, 4) is 0 Å². The molecule has 2 atom stereocenters. The summed E-state index contributed by atoms with van der Waals surface area (Å²) in [5.41, 5.74) is 1.93. The van der Waals surface area contributed by atoms with Crippen LogP contribution in [0.1, 0.15) is 41.6 Å². The molecular formula is C16H20O3S2. The van der Waals surface area contributed by atoms with Gasteiger partial charge in [0.05, 0.1) is 12.2 Å². The smallest absolute Gasteiger partial charge is 0.339 e. The van der Waals surface area contributed by atoms with Gasteiger partial charge in [0.1, 0.15) is 0 Å². The molecule has 1 aromatic rings. The molecule has 2 unspecified atom stereocenters. The van der Waals surface area contributed by atoms with Crippen molar-refractivity contribution in [2.75, 3.05) is 0 Å². The van der Waals surface area contributed by atoms with Gasteiger partial charge in [-0.15, -0.1) is 12.6 Å². The third kappa shape index (κ3) is 4.28. The average Bonchev–Trinajstić information content (AvgIpc) is 2.56. The molecule has 3 nitrogen and oxygen atoms in total. The summed E-state index contributed by atoms with van der Waals surface area (Å²) in [6, 6.07) is 6.88. The van der Waals surface area contributed by atoms with Gasteiger partial charge >= 0.3 is 5.97 Å². The van der Waals surface area contributed by atoms with Crippen molar-refractivity contribution in [2.45, 2.75) is 42.5 Å². The fourth-order valence-electron chi connectivity index (χ4n) is 2.55. The molecular weight excluding hydrogens is 304 g/mol. The summed E-state index contributed by atoms with van der Waals surface area (Å²) in [6.07, 6.45) is 2.80. The molecule has 0 heterocycles. The van der Waals surface area contributed by atoms with E-state index in [0.717, 1.165) is 18.4 Å². The number of carbonyl (C=O) groups excluding carboxylic acids is 1. The first kappa shape index (κ1) is 16.5. The van der Waals surface area contributed by atoms with Gasteiger partial charge in [0.2, 0.25) is 0 Å². The maximum atomic E-state index is 12.4. The predicted octanol–water partition coefficient (Wildman–Crippen LogP) is 3.39. The summed E-state index contributed by atoms with van der Waals surface area (Å²) in [5, 5.41) is 9.54. The number of hydrogen-bond acceptors (Lipinski definition) is 5. The second kappa shape index (κ2) is 6.90. The first-order valence-electron chi connectivity index (χ1n) is 6.93. The number of esters is 1. The molecule has 2 rings (SSSR count). The first-order chi connectivity index (χ1) is 9.93. The predicted molar refractivity (Wildman–Crippen MR) is 89.9 cm³/mol. The minimum Gasteiger partial charge on any atom is -0.444 e. The van der Waals surface area contributed by atoms with Crippen molar-refractivity contribution in [1.29, 1.82) is 0 Å². The lowest BCUT2D eigenvalue weighted by molar-refractivity contribution is 0.0183. The van der Waals surface area contributed by atoms with E-state index in [1.54, 1.807) is 24.3 Å². The number of aliphatic hydroxyl groups excluding tert-OH is 1. The van der Waals surface area contributed by atoms with Crippen LogP contribution >= 0.6 is 25.3 Å². The number of benzene rings is 1. The van der Waals surface area contributed by atoms with E-state index >= 15 is 0 Å². The molecule has 0 spiro atoms. The molecule has 1 fully saturated rings. The highest BCUT2D eigenvalue weighted by atomic mass is 32.1. The van der Waals surface area contributed by atoms with Crippen LogP contribution in [0.15, 0.2) is 36.4 Å². The highest BCUT2D eigenvalue weighted by Crippen LogP contribution is 2.38. The molecule has 0 amide bonds. The fraction of sp³-hybridized carbons (Fsp3) is 0.438. The van der Waals surface area contributed by atoms with Gasteiger partial charge in [-0.2, -0.15) is 12.6 Å². The maximum Gasteiger partial charge on any atom is 0.339 e. The normalized spacial score (nSPS) is 26.2. The van der Waals surface area contributed by atoms with Crippen LogP contribution < -0.4 is 0 Å². The summed E-state index contributed by atoms with van der Waals surface area (Å²) in [6.45, 7) is 3.81. The Labute approximate surface area is 136 Å². The van der Waals surface area contributed by atoms with Gasteiger partial charge in [-0.25, -0.2) is 4.79 Å². The Morgan fingerprint density at radius 3 is 2.90 bits per heavy atom. The van der Waals surface area contributed by atoms with Crippen LogP contribution in [0.4, 0.5) is 0 Å². The van der Waals surface area contributed by atoms with Crippen LogP contribution in [0.25, 0.3) is 0 Å². The highest BCUT2D eigenvalue weighted by molar-refractivity contribution is 7.81. The van der Waals surface area contributed by atoms with Crippen LogP contribution in [-0.2, 0) is 11.3 Å². The van der Waals surface area contributed by atoms with Crippen molar-refractivity contribution in [3.63, 3.8) is 0 Å². The lowest BCUT2D eigenvalue weighted by Gasteiger charge is -2.28. The van der Waals surface area contributed by atoms with Crippen LogP contribution in [0.3, 0.4) is 0 Å². The standard InChI is InChI=1S/C16H20O3S2/c1-11-8-13(20)6-7-16(21,9-11)19-15(18)14-5-3-2-4-12(14)10-17/h2-5,13,17,20-21H,1,6-10H2. The van der Waals surface area contributed by atoms with E-state index in [0.29, 0.717) is 24.0 Å². The molecule has 0 bridgehead atoms. The number of carbonyl (C=O) groups is 1. The Balaban J connectivity index is 2.15. The average molecular weight is 324 g/mol. The molecule has 114 valence electrons. The number of hydrogen-bond donors (Lipinski definition) is 3. The minimum absolute atomic E-state index is 0.198. The molecule has 0 saturated heterocycles. The Morgan fingerprint density at radius 2 is 2.19 bits per heavy atom. The van der Waals surface area contributed by atoms with Crippen LogP contribution in [0.2, 0.25) is 0 Å². The van der Waals surface area contributed by atoms with Gasteiger partial charge in [-0.05, 0) is 30.9 Å². The minimum atomic E-state index is -0.853. The van der Waals surface area contributed by atoms with Crippen LogP contribution in [0, 0.1) is 0 Å². The zero-order valence-corrected chi connectivity index (χ0v) is 13.6. The molecule has 1 aliphatic carbocycles. The molecule has 1 aliphatic rings. The van der Waals surface area contributed by atoms with E-state index in [-0.39, 0.29) is 11.9 Å². The van der Waals surface area contributed by atoms with Gasteiger partial charge in [-0.1, -0.05) is 30.4 Å². The van der Waals surface area contributed by atoms with Gasteiger partial charge in [-0.3, -0.25) is 0 Å². The molecule has 1 N–H and O–H groups in total. The number of ether oxygens (including phenoxy) is 1. The zero-order chi connectivity index (χ0) is 15.5. The Bertz CT molecular complexity index is 544. The van der Waals surface area contributed by atoms with Crippen LogP contribution in [-0.4, -0.2) is 21.3 Å². The molecule has 0 aromatic heterocycles. The Kier molecular flexibility index (Phi) is 5.41. The highest BCUT2D eigenvalue weighted by Gasteiger charge is 2.34. The number of aliphatic hydroxyl groups is 1. The summed E-state index contributed by atoms with van der Waals surface area (Å²) in [5.74, 6) is -0.458. The monoisotopic (exact) mass is 324 g/mol. The van der Waals surface area contributed by atoms with Crippen molar-refractivity contribution < 1.29 is 14.6 Å². The summed E-state index contributed by atoms with van der Waals surface area (Å²) in [4.78, 5) is 11.5. The summed E-state index contributed by atoms with van der Waals surface area (Å²) < 4.78 is 5.63. The SMILES string of the molecule is C=C1CC(S)CCC(S)(OC(=O)c2ccccc2CO)C1. The van der Waals surface area contributed by atoms with E-state index in [2.05, 4.69) is 31.8 Å². The van der Waals surface area contributed by atoms with Crippen molar-refractivity contribution >= 4 is 31.2 Å². The Morgan fingerprint density at radius 1 is 1.48 bits per heavy atom. The molecule has 1 saturated carbocycles. The number of rotatable bonds is 3. The summed E-state index contributed by atoms with van der Waals surface area (Å²) >= 11 is 9.06. The topological polar surface area (TPSA) is 46.5 Å². The molecule has 21 heavy (non-hydrogen) atoms. The fourth-order valence-corrected chi connectivity index (χ4v) is 3.37. The Hall–Kier alpha value is -0.910. The summed E-state index contributed by atoms with van der Waals surface area (Å²) in [7, 11) is 0. The third-order valence-electron chi connectivity index (χ3n) is 3.61. The molecule has 0 aliphatic heterocycles. The lowest BCUT2D eigenvalue weighted by Crippen LogP contribution is -2.29. The maximum absolute atomic E-state index is 12.4. The van der Waals surface area contributed by atoms with Crippen LogP contribution in [0.5, 0.6) is 0 Å². The van der Waals surface area contributed by atoms with Gasteiger partial charge in [0.15, 0.2) is 4.93 Å². The molecule has 1 aromatic carbocycles. The van der Waals surface area contributed by atoms with Crippen molar-refractivity contribution in [1.82, 2.24) is 0 Å². The second-order valence-corrected chi connectivity index (χ2v) is 7.02. The number of thiol groups is 2. The van der Waals surface area contributed by atoms with E-state index < -0.39 is 10.9 Å². The van der Waals surface area contributed by atoms with E-state index in [1.807, 2.05) is 0 Å². The molecule has 5 heteroatoms. The molecule has 0 radical (unpaired) electrons. The second-order valence-electron chi connectivity index (χ2n) is 5.47. The van der Waals surface area contributed by atoms with Gasteiger partial charge in [0, 0.05) is 11.7 Å². The van der Waals surface area contributed by atoms with E-state index in [1.165, 1.54) is 0 Å². The largest absolute Gasteiger partial charge is 0.444 e. The zero-order valence-electron chi connectivity index (χ0n) is 11.8. The van der Waals surface area contributed by atoms with Gasteiger partial charge < -0.3 is 9.84 Å². The third-order valence-corrected chi connectivity index (χ3v) is 4.52. The first-order valence-corrected chi connectivity index (χ1v) is 7.89. The van der Waals surface area contributed by atoms with E-state index in [4.69, 9.17) is 4.74 Å². The van der Waals surface area contributed by atoms with Gasteiger partial charge in [0.25, 0.3) is 0 Å².